The molecule has 0 spiro atoms. The zero-order valence-corrected chi connectivity index (χ0v) is 8.61. The van der Waals surface area contributed by atoms with Crippen molar-refractivity contribution in [1.29, 1.82) is 0 Å². The number of amides is 1. The molecule has 0 radical (unpaired) electrons. The van der Waals surface area contributed by atoms with Crippen LogP contribution in [-0.4, -0.2) is 31.6 Å². The Morgan fingerprint density at radius 2 is 1.93 bits per heavy atom. The summed E-state index contributed by atoms with van der Waals surface area (Å²) in [6.07, 6.45) is 1.30. The van der Waals surface area contributed by atoms with E-state index in [0.717, 1.165) is 14.0 Å². The summed E-state index contributed by atoms with van der Waals surface area (Å²) < 4.78 is 8.89. The lowest BCUT2D eigenvalue weighted by molar-refractivity contribution is -0.171. The Bertz CT molecular complexity index is 299. The molecule has 6 nitrogen and oxygen atoms in total. The van der Waals surface area contributed by atoms with E-state index >= 15 is 0 Å². The molecule has 0 saturated carbocycles. The van der Waals surface area contributed by atoms with Crippen LogP contribution in [0.4, 0.5) is 0 Å². The van der Waals surface area contributed by atoms with Crippen LogP contribution in [-0.2, 0) is 23.9 Å². The SMILES string of the molecule is C=CCOC(=O)C(C)(C(N)=O)C(=O)OC. The number of hydrogen-bond acceptors (Lipinski definition) is 5. The summed E-state index contributed by atoms with van der Waals surface area (Å²) in [4.78, 5) is 33.6. The number of ether oxygens (including phenoxy) is 2. The lowest BCUT2D eigenvalue weighted by Crippen LogP contribution is -2.49. The zero-order valence-electron chi connectivity index (χ0n) is 8.61. The average Bonchev–Trinajstić information content (AvgIpc) is 2.22. The first-order chi connectivity index (χ1) is 6.91. The largest absolute Gasteiger partial charge is 0.468 e. The lowest BCUT2D eigenvalue weighted by Gasteiger charge is -2.20. The molecule has 1 unspecified atom stereocenters. The third-order valence-electron chi connectivity index (χ3n) is 1.83. The van der Waals surface area contributed by atoms with Crippen LogP contribution >= 0.6 is 0 Å². The maximum absolute atomic E-state index is 11.4. The maximum Gasteiger partial charge on any atom is 0.333 e. The summed E-state index contributed by atoms with van der Waals surface area (Å²) in [5.41, 5.74) is 2.84. The standard InChI is InChI=1S/C9H13NO5/c1-4-5-15-8(13)9(2,6(10)11)7(12)14-3/h4H,1,5H2,2-3H3,(H2,10,11). The Morgan fingerprint density at radius 1 is 1.40 bits per heavy atom. The first-order valence-electron chi connectivity index (χ1n) is 4.07. The van der Waals surface area contributed by atoms with Gasteiger partial charge >= 0.3 is 11.9 Å². The van der Waals surface area contributed by atoms with E-state index in [9.17, 15) is 14.4 Å². The molecule has 0 aliphatic carbocycles. The van der Waals surface area contributed by atoms with Crippen molar-refractivity contribution in [3.63, 3.8) is 0 Å². The van der Waals surface area contributed by atoms with Crippen LogP contribution in [0.25, 0.3) is 0 Å². The van der Waals surface area contributed by atoms with Crippen LogP contribution in [0, 0.1) is 5.41 Å². The Hall–Kier alpha value is -1.85. The van der Waals surface area contributed by atoms with E-state index in [2.05, 4.69) is 16.1 Å². The van der Waals surface area contributed by atoms with Gasteiger partial charge in [-0.25, -0.2) is 0 Å². The van der Waals surface area contributed by atoms with Gasteiger partial charge in [0.25, 0.3) is 0 Å². The van der Waals surface area contributed by atoms with Gasteiger partial charge in [-0.15, -0.1) is 0 Å². The summed E-state index contributed by atoms with van der Waals surface area (Å²) in [6.45, 7) is 4.25. The molecule has 0 aromatic rings. The number of hydrogen-bond donors (Lipinski definition) is 1. The molecule has 0 saturated heterocycles. The van der Waals surface area contributed by atoms with Crippen LogP contribution in [0.2, 0.25) is 0 Å². The fourth-order valence-corrected chi connectivity index (χ4v) is 0.768. The van der Waals surface area contributed by atoms with E-state index in [0.29, 0.717) is 0 Å². The summed E-state index contributed by atoms with van der Waals surface area (Å²) in [5.74, 6) is -3.23. The molecule has 0 aliphatic rings. The predicted octanol–water partition coefficient (Wildman–Crippen LogP) is -0.620. The van der Waals surface area contributed by atoms with Crippen LogP contribution < -0.4 is 5.73 Å². The summed E-state index contributed by atoms with van der Waals surface area (Å²) in [5, 5.41) is 0. The molecular weight excluding hydrogens is 202 g/mol. The quantitative estimate of drug-likeness (QED) is 0.374. The van der Waals surface area contributed by atoms with Crippen molar-refractivity contribution in [2.75, 3.05) is 13.7 Å². The normalized spacial score (nSPS) is 13.5. The van der Waals surface area contributed by atoms with Crippen LogP contribution in [0.5, 0.6) is 0 Å². The van der Waals surface area contributed by atoms with Crippen molar-refractivity contribution in [2.24, 2.45) is 11.1 Å². The monoisotopic (exact) mass is 215 g/mol. The van der Waals surface area contributed by atoms with Gasteiger partial charge in [0.15, 0.2) is 0 Å². The van der Waals surface area contributed by atoms with E-state index in [4.69, 9.17) is 5.73 Å². The van der Waals surface area contributed by atoms with Crippen LogP contribution in [0.3, 0.4) is 0 Å². The minimum Gasteiger partial charge on any atom is -0.468 e. The average molecular weight is 215 g/mol. The van der Waals surface area contributed by atoms with Gasteiger partial charge < -0.3 is 15.2 Å². The first kappa shape index (κ1) is 13.2. The van der Waals surface area contributed by atoms with Gasteiger partial charge in [0.1, 0.15) is 6.61 Å². The topological polar surface area (TPSA) is 95.7 Å². The van der Waals surface area contributed by atoms with E-state index in [1.54, 1.807) is 0 Å². The number of nitrogens with two attached hydrogens (primary N) is 1. The van der Waals surface area contributed by atoms with E-state index < -0.39 is 23.3 Å². The zero-order chi connectivity index (χ0) is 12.1. The van der Waals surface area contributed by atoms with E-state index in [1.807, 2.05) is 0 Å². The molecule has 0 bridgehead atoms. The Kier molecular flexibility index (Phi) is 4.50. The molecule has 0 aromatic heterocycles. The molecule has 0 heterocycles. The second-order valence-corrected chi connectivity index (χ2v) is 2.87. The summed E-state index contributed by atoms with van der Waals surface area (Å²) in [6, 6.07) is 0. The van der Waals surface area contributed by atoms with Gasteiger partial charge in [0.2, 0.25) is 11.3 Å². The molecule has 84 valence electrons. The maximum atomic E-state index is 11.4. The third-order valence-corrected chi connectivity index (χ3v) is 1.83. The van der Waals surface area contributed by atoms with E-state index in [-0.39, 0.29) is 6.61 Å². The van der Waals surface area contributed by atoms with Gasteiger partial charge in [0.05, 0.1) is 7.11 Å². The molecule has 15 heavy (non-hydrogen) atoms. The molecule has 1 atom stereocenters. The molecule has 0 aromatic carbocycles. The van der Waals surface area contributed by atoms with Crippen molar-refractivity contribution in [2.45, 2.75) is 6.92 Å². The first-order valence-corrected chi connectivity index (χ1v) is 4.07. The molecule has 2 N–H and O–H groups in total. The number of methoxy groups -OCH3 is 1. The molecule has 0 rings (SSSR count). The fraction of sp³-hybridized carbons (Fsp3) is 0.444. The summed E-state index contributed by atoms with van der Waals surface area (Å²) >= 11 is 0. The Morgan fingerprint density at radius 3 is 2.27 bits per heavy atom. The van der Waals surface area contributed by atoms with E-state index in [1.165, 1.54) is 6.08 Å². The van der Waals surface area contributed by atoms with Crippen LogP contribution in [0.15, 0.2) is 12.7 Å². The second-order valence-electron chi connectivity index (χ2n) is 2.87. The second kappa shape index (κ2) is 5.14. The number of esters is 2. The fourth-order valence-electron chi connectivity index (χ4n) is 0.768. The van der Waals surface area contributed by atoms with Crippen molar-refractivity contribution in [3.8, 4) is 0 Å². The molecule has 0 aliphatic heterocycles. The van der Waals surface area contributed by atoms with Gasteiger partial charge in [-0.1, -0.05) is 12.7 Å². The number of rotatable bonds is 5. The number of carbonyl (C=O) groups is 3. The highest BCUT2D eigenvalue weighted by atomic mass is 16.6. The highest BCUT2D eigenvalue weighted by Crippen LogP contribution is 2.19. The molecule has 0 fully saturated rings. The van der Waals surface area contributed by atoms with Gasteiger partial charge in [0, 0.05) is 0 Å². The van der Waals surface area contributed by atoms with Gasteiger partial charge in [-0.2, -0.15) is 0 Å². The van der Waals surface area contributed by atoms with Crippen molar-refractivity contribution in [3.05, 3.63) is 12.7 Å². The Labute approximate surface area is 87.0 Å². The highest BCUT2D eigenvalue weighted by molar-refractivity contribution is 6.18. The lowest BCUT2D eigenvalue weighted by atomic mass is 9.90. The predicted molar refractivity (Wildman–Crippen MR) is 50.5 cm³/mol. The molecule has 6 heteroatoms. The van der Waals surface area contributed by atoms with Crippen molar-refractivity contribution in [1.82, 2.24) is 0 Å². The minimum atomic E-state index is -2.11. The van der Waals surface area contributed by atoms with Crippen LogP contribution in [0.1, 0.15) is 6.92 Å². The molecular formula is C9H13NO5. The van der Waals surface area contributed by atoms with Gasteiger partial charge in [-0.3, -0.25) is 14.4 Å². The summed E-state index contributed by atoms with van der Waals surface area (Å²) in [7, 11) is 1.05. The van der Waals surface area contributed by atoms with Gasteiger partial charge in [-0.05, 0) is 6.92 Å². The highest BCUT2D eigenvalue weighted by Gasteiger charge is 2.50. The third kappa shape index (κ3) is 2.55. The van der Waals surface area contributed by atoms with Crippen molar-refractivity contribution >= 4 is 17.8 Å². The Balaban J connectivity index is 4.94. The number of carbonyl (C=O) groups excluding carboxylic acids is 3. The number of primary amides is 1. The minimum absolute atomic E-state index is 0.112. The molecule has 1 amide bonds. The van der Waals surface area contributed by atoms with Crippen molar-refractivity contribution < 1.29 is 23.9 Å². The smallest absolute Gasteiger partial charge is 0.333 e.